The molecule has 1 aromatic carbocycles. The maximum atomic E-state index is 12.9. The van der Waals surface area contributed by atoms with Gasteiger partial charge in [-0.2, -0.15) is 0 Å². The summed E-state index contributed by atoms with van der Waals surface area (Å²) in [5.41, 5.74) is 0.487. The van der Waals surface area contributed by atoms with Gasteiger partial charge in [-0.25, -0.2) is 8.78 Å². The number of nitrogens with one attached hydrogen (secondary N) is 2. The molecule has 0 spiro atoms. The van der Waals surface area contributed by atoms with E-state index in [1.165, 1.54) is 6.07 Å². The minimum absolute atomic E-state index is 0. The topological polar surface area (TPSA) is 61.4 Å². The van der Waals surface area contributed by atoms with Gasteiger partial charge in [0, 0.05) is 13.1 Å². The molecule has 7 heteroatoms. The van der Waals surface area contributed by atoms with Crippen LogP contribution in [-0.4, -0.2) is 29.7 Å². The number of hydrogen-bond acceptors (Lipinski definition) is 3. The number of aliphatic hydroxyl groups is 1. The van der Waals surface area contributed by atoms with Crippen molar-refractivity contribution in [2.75, 3.05) is 6.54 Å². The van der Waals surface area contributed by atoms with Crippen molar-refractivity contribution in [1.82, 2.24) is 10.6 Å². The number of rotatable bonds is 3. The minimum atomic E-state index is -0.934. The number of benzene rings is 1. The van der Waals surface area contributed by atoms with Crippen LogP contribution in [0.2, 0.25) is 0 Å². The van der Waals surface area contributed by atoms with E-state index < -0.39 is 23.8 Å². The molecule has 4 nitrogen and oxygen atoms in total. The third-order valence-corrected chi connectivity index (χ3v) is 2.87. The normalized spacial score (nSPS) is 21.8. The van der Waals surface area contributed by atoms with Gasteiger partial charge >= 0.3 is 0 Å². The lowest BCUT2D eigenvalue weighted by Crippen LogP contribution is -2.40. The van der Waals surface area contributed by atoms with Crippen LogP contribution in [-0.2, 0) is 11.3 Å². The number of aliphatic hydroxyl groups excluding tert-OH is 1. The summed E-state index contributed by atoms with van der Waals surface area (Å²) >= 11 is 0. The van der Waals surface area contributed by atoms with Crippen LogP contribution >= 0.6 is 12.4 Å². The summed E-state index contributed by atoms with van der Waals surface area (Å²) in [7, 11) is 0. The zero-order valence-electron chi connectivity index (χ0n) is 10.0. The first-order valence-electron chi connectivity index (χ1n) is 5.69. The summed E-state index contributed by atoms with van der Waals surface area (Å²) in [6, 6.07) is 3.06. The fraction of sp³-hybridized carbons (Fsp3) is 0.417. The molecule has 2 atom stereocenters. The molecule has 106 valence electrons. The minimum Gasteiger partial charge on any atom is -0.392 e. The van der Waals surface area contributed by atoms with Crippen molar-refractivity contribution in [2.24, 2.45) is 0 Å². The molecule has 1 fully saturated rings. The van der Waals surface area contributed by atoms with Crippen LogP contribution in [0, 0.1) is 11.6 Å². The first-order valence-corrected chi connectivity index (χ1v) is 5.69. The van der Waals surface area contributed by atoms with E-state index >= 15 is 0 Å². The monoisotopic (exact) mass is 292 g/mol. The number of carbonyl (C=O) groups excluding carboxylic acids is 1. The number of β-amino-alcohol motifs (C(OH)–C–C–N with tert-alkyl or cyclic N) is 1. The van der Waals surface area contributed by atoms with Crippen LogP contribution < -0.4 is 10.6 Å². The Morgan fingerprint density at radius 2 is 2.16 bits per heavy atom. The van der Waals surface area contributed by atoms with Crippen molar-refractivity contribution in [3.63, 3.8) is 0 Å². The van der Waals surface area contributed by atoms with Gasteiger partial charge in [0.05, 0.1) is 12.1 Å². The standard InChI is InChI=1S/C12H14F2N2O2.ClH/c13-9-2-1-7(3-10(9)14)5-16-12(18)11-4-8(17)6-15-11;/h1-3,8,11,15,17H,4-6H2,(H,16,18);1H. The molecule has 1 saturated heterocycles. The van der Waals surface area contributed by atoms with Gasteiger partial charge in [0.25, 0.3) is 0 Å². The van der Waals surface area contributed by atoms with E-state index in [9.17, 15) is 18.7 Å². The summed E-state index contributed by atoms with van der Waals surface area (Å²) in [6.07, 6.45) is -0.145. The zero-order valence-corrected chi connectivity index (χ0v) is 10.8. The lowest BCUT2D eigenvalue weighted by molar-refractivity contribution is -0.123. The van der Waals surface area contributed by atoms with E-state index in [4.69, 9.17) is 0 Å². The molecular weight excluding hydrogens is 278 g/mol. The Morgan fingerprint density at radius 1 is 1.42 bits per heavy atom. The van der Waals surface area contributed by atoms with Gasteiger partial charge in [0.1, 0.15) is 0 Å². The number of hydrogen-bond donors (Lipinski definition) is 3. The summed E-state index contributed by atoms with van der Waals surface area (Å²) in [4.78, 5) is 11.7. The van der Waals surface area contributed by atoms with E-state index in [0.717, 1.165) is 12.1 Å². The van der Waals surface area contributed by atoms with Crippen LogP contribution in [0.4, 0.5) is 8.78 Å². The molecule has 2 rings (SSSR count). The van der Waals surface area contributed by atoms with Gasteiger partial charge in [0.15, 0.2) is 11.6 Å². The quantitative estimate of drug-likeness (QED) is 0.769. The van der Waals surface area contributed by atoms with Crippen LogP contribution in [0.5, 0.6) is 0 Å². The van der Waals surface area contributed by atoms with Crippen molar-refractivity contribution in [3.8, 4) is 0 Å². The zero-order chi connectivity index (χ0) is 13.1. The first kappa shape index (κ1) is 15.8. The molecule has 19 heavy (non-hydrogen) atoms. The van der Waals surface area contributed by atoms with E-state index in [0.29, 0.717) is 18.5 Å². The lowest BCUT2D eigenvalue weighted by atomic mass is 10.1. The van der Waals surface area contributed by atoms with Gasteiger partial charge < -0.3 is 15.7 Å². The second-order valence-electron chi connectivity index (χ2n) is 4.32. The van der Waals surface area contributed by atoms with Crippen LogP contribution in [0.25, 0.3) is 0 Å². The maximum absolute atomic E-state index is 12.9. The molecule has 2 unspecified atom stereocenters. The molecule has 3 N–H and O–H groups in total. The Kier molecular flexibility index (Phi) is 5.65. The van der Waals surface area contributed by atoms with E-state index in [2.05, 4.69) is 10.6 Å². The van der Waals surface area contributed by atoms with Gasteiger partial charge in [-0.1, -0.05) is 6.07 Å². The molecule has 0 aliphatic carbocycles. The summed E-state index contributed by atoms with van der Waals surface area (Å²) < 4.78 is 25.6. The Hall–Kier alpha value is -1.24. The summed E-state index contributed by atoms with van der Waals surface area (Å²) in [6.45, 7) is 0.521. The van der Waals surface area contributed by atoms with Gasteiger partial charge in [0.2, 0.25) is 5.91 Å². The number of amides is 1. The Balaban J connectivity index is 0.00000180. The van der Waals surface area contributed by atoms with Crippen molar-refractivity contribution >= 4 is 18.3 Å². The third kappa shape index (κ3) is 4.12. The van der Waals surface area contributed by atoms with Crippen LogP contribution in [0.15, 0.2) is 18.2 Å². The largest absolute Gasteiger partial charge is 0.392 e. The van der Waals surface area contributed by atoms with Gasteiger partial charge in [-0.3, -0.25) is 4.79 Å². The van der Waals surface area contributed by atoms with E-state index in [1.807, 2.05) is 0 Å². The molecule has 0 bridgehead atoms. The molecule has 1 heterocycles. The van der Waals surface area contributed by atoms with Crippen molar-refractivity contribution < 1.29 is 18.7 Å². The van der Waals surface area contributed by atoms with Crippen LogP contribution in [0.1, 0.15) is 12.0 Å². The Morgan fingerprint density at radius 3 is 2.74 bits per heavy atom. The number of halogens is 3. The molecule has 1 aromatic rings. The fourth-order valence-electron chi connectivity index (χ4n) is 1.88. The Bertz CT molecular complexity index is 459. The summed E-state index contributed by atoms with van der Waals surface area (Å²) in [5.74, 6) is -2.10. The average Bonchev–Trinajstić information content (AvgIpc) is 2.77. The van der Waals surface area contributed by atoms with Gasteiger partial charge in [-0.05, 0) is 24.1 Å². The third-order valence-electron chi connectivity index (χ3n) is 2.87. The van der Waals surface area contributed by atoms with E-state index in [1.54, 1.807) is 0 Å². The predicted molar refractivity (Wildman–Crippen MR) is 67.9 cm³/mol. The predicted octanol–water partition coefficient (Wildman–Crippen LogP) is 0.726. The highest BCUT2D eigenvalue weighted by atomic mass is 35.5. The average molecular weight is 293 g/mol. The SMILES string of the molecule is Cl.O=C(NCc1ccc(F)c(F)c1)C1CC(O)CN1. The molecule has 1 amide bonds. The maximum Gasteiger partial charge on any atom is 0.237 e. The van der Waals surface area contributed by atoms with Crippen LogP contribution in [0.3, 0.4) is 0 Å². The highest BCUT2D eigenvalue weighted by Gasteiger charge is 2.27. The lowest BCUT2D eigenvalue weighted by Gasteiger charge is -2.11. The van der Waals surface area contributed by atoms with Crippen molar-refractivity contribution in [3.05, 3.63) is 35.4 Å². The number of carbonyl (C=O) groups is 1. The molecule has 1 aliphatic heterocycles. The van der Waals surface area contributed by atoms with E-state index in [-0.39, 0.29) is 24.9 Å². The van der Waals surface area contributed by atoms with Crippen molar-refractivity contribution in [2.45, 2.75) is 25.1 Å². The molecule has 1 aliphatic rings. The highest BCUT2D eigenvalue weighted by Crippen LogP contribution is 2.09. The van der Waals surface area contributed by atoms with Crippen molar-refractivity contribution in [1.29, 1.82) is 0 Å². The second kappa shape index (κ2) is 6.79. The first-order chi connectivity index (χ1) is 8.56. The fourth-order valence-corrected chi connectivity index (χ4v) is 1.88. The molecule has 0 saturated carbocycles. The molecule has 0 aromatic heterocycles. The second-order valence-corrected chi connectivity index (χ2v) is 4.32. The molecular formula is C12H15ClF2N2O2. The smallest absolute Gasteiger partial charge is 0.237 e. The summed E-state index contributed by atoms with van der Waals surface area (Å²) in [5, 5.41) is 14.7. The van der Waals surface area contributed by atoms with Gasteiger partial charge in [-0.15, -0.1) is 12.4 Å². The Labute approximate surface area is 115 Å². The molecule has 0 radical (unpaired) electrons. The highest BCUT2D eigenvalue weighted by molar-refractivity contribution is 5.85.